The molecule has 0 amide bonds. The molecule has 0 unspecified atom stereocenters. The smallest absolute Gasteiger partial charge is 0.173 e. The molecule has 0 aliphatic heterocycles. The van der Waals surface area contributed by atoms with Gasteiger partial charge in [-0.15, -0.1) is 0 Å². The molecule has 17 heavy (non-hydrogen) atoms. The third-order valence-corrected chi connectivity index (χ3v) is 2.12. The van der Waals surface area contributed by atoms with Crippen LogP contribution in [0.15, 0.2) is 46.4 Å². The van der Waals surface area contributed by atoms with Crippen LogP contribution in [0.1, 0.15) is 11.3 Å². The van der Waals surface area contributed by atoms with Crippen molar-refractivity contribution in [2.45, 2.75) is 6.61 Å². The van der Waals surface area contributed by atoms with Crippen LogP contribution < -0.4 is 10.5 Å². The number of hydrogen-bond acceptors (Lipinski definition) is 5. The molecule has 2 heterocycles. The first-order chi connectivity index (χ1) is 8.31. The number of ether oxygens (including phenoxy) is 1. The number of oxime groups is 1. The average molecular weight is 233 g/mol. The van der Waals surface area contributed by atoms with E-state index in [9.17, 15) is 0 Å². The second-order valence-electron chi connectivity index (χ2n) is 3.23. The molecule has 3 N–H and O–H groups in total. The molecule has 2 aromatic heterocycles. The second kappa shape index (κ2) is 5.02. The lowest BCUT2D eigenvalue weighted by Gasteiger charge is -2.08. The van der Waals surface area contributed by atoms with E-state index in [1.165, 1.54) is 12.4 Å². The molecule has 0 fully saturated rings. The SMILES string of the molecule is N/C(=N/O)c1ccncc1OCc1ccco1. The molecule has 0 saturated heterocycles. The standard InChI is InChI=1S/C11H11N3O3/c12-11(14-15)9-3-4-13-6-10(9)17-7-8-2-1-5-16-8/h1-6,15H,7H2,(H2,12,14). The molecule has 0 radical (unpaired) electrons. The van der Waals surface area contributed by atoms with Gasteiger partial charge < -0.3 is 20.1 Å². The molecular weight excluding hydrogens is 222 g/mol. The number of rotatable bonds is 4. The number of hydrogen-bond donors (Lipinski definition) is 2. The minimum absolute atomic E-state index is 0.0261. The highest BCUT2D eigenvalue weighted by molar-refractivity contribution is 5.99. The number of nitrogens with zero attached hydrogens (tertiary/aromatic N) is 2. The summed E-state index contributed by atoms with van der Waals surface area (Å²) in [6.07, 6.45) is 4.59. The van der Waals surface area contributed by atoms with Gasteiger partial charge in [0.15, 0.2) is 5.84 Å². The Bertz CT molecular complexity index is 508. The predicted octanol–water partition coefficient (Wildman–Crippen LogP) is 1.35. The average Bonchev–Trinajstić information content (AvgIpc) is 2.89. The van der Waals surface area contributed by atoms with E-state index in [0.29, 0.717) is 17.1 Å². The van der Waals surface area contributed by atoms with Crippen molar-refractivity contribution < 1.29 is 14.4 Å². The van der Waals surface area contributed by atoms with Crippen molar-refractivity contribution in [2.24, 2.45) is 10.9 Å². The molecule has 0 bridgehead atoms. The lowest BCUT2D eigenvalue weighted by atomic mass is 10.2. The second-order valence-corrected chi connectivity index (χ2v) is 3.23. The Balaban J connectivity index is 2.15. The predicted molar refractivity (Wildman–Crippen MR) is 59.8 cm³/mol. The monoisotopic (exact) mass is 233 g/mol. The number of furan rings is 1. The normalized spacial score (nSPS) is 11.4. The molecule has 6 heteroatoms. The summed E-state index contributed by atoms with van der Waals surface area (Å²) in [4.78, 5) is 3.91. The summed E-state index contributed by atoms with van der Waals surface area (Å²) in [5.74, 6) is 1.08. The van der Waals surface area contributed by atoms with E-state index < -0.39 is 0 Å². The first-order valence-corrected chi connectivity index (χ1v) is 4.88. The van der Waals surface area contributed by atoms with Crippen LogP contribution in [0.25, 0.3) is 0 Å². The van der Waals surface area contributed by atoms with E-state index in [-0.39, 0.29) is 12.4 Å². The highest BCUT2D eigenvalue weighted by Gasteiger charge is 2.08. The van der Waals surface area contributed by atoms with Crippen LogP contribution >= 0.6 is 0 Å². The van der Waals surface area contributed by atoms with Gasteiger partial charge in [-0.1, -0.05) is 5.16 Å². The fraction of sp³-hybridized carbons (Fsp3) is 0.0909. The van der Waals surface area contributed by atoms with Gasteiger partial charge in [-0.3, -0.25) is 4.98 Å². The molecule has 6 nitrogen and oxygen atoms in total. The van der Waals surface area contributed by atoms with Crippen LogP contribution in [-0.4, -0.2) is 16.0 Å². The summed E-state index contributed by atoms with van der Waals surface area (Å²) >= 11 is 0. The Morgan fingerprint density at radius 1 is 1.53 bits per heavy atom. The molecule has 2 aromatic rings. The Labute approximate surface area is 97.3 Å². The number of amidine groups is 1. The van der Waals surface area contributed by atoms with Gasteiger partial charge >= 0.3 is 0 Å². The molecule has 0 saturated carbocycles. The van der Waals surface area contributed by atoms with Crippen molar-refractivity contribution in [3.05, 3.63) is 48.2 Å². The highest BCUT2D eigenvalue weighted by atomic mass is 16.5. The zero-order valence-electron chi connectivity index (χ0n) is 8.91. The lowest BCUT2D eigenvalue weighted by molar-refractivity contribution is 0.268. The van der Waals surface area contributed by atoms with Crippen molar-refractivity contribution in [1.82, 2.24) is 4.98 Å². The van der Waals surface area contributed by atoms with E-state index >= 15 is 0 Å². The van der Waals surface area contributed by atoms with Crippen molar-refractivity contribution >= 4 is 5.84 Å². The zero-order chi connectivity index (χ0) is 12.1. The van der Waals surface area contributed by atoms with Crippen molar-refractivity contribution in [3.63, 3.8) is 0 Å². The molecule has 0 spiro atoms. The molecule has 88 valence electrons. The van der Waals surface area contributed by atoms with E-state index in [1.807, 2.05) is 0 Å². The molecule has 0 aliphatic carbocycles. The Kier molecular flexibility index (Phi) is 3.25. The maximum atomic E-state index is 8.63. The fourth-order valence-electron chi connectivity index (χ4n) is 1.30. The maximum Gasteiger partial charge on any atom is 0.173 e. The molecule has 0 aliphatic rings. The topological polar surface area (TPSA) is 93.9 Å². The summed E-state index contributed by atoms with van der Waals surface area (Å²) in [6, 6.07) is 5.17. The molecule has 2 rings (SSSR count). The Hall–Kier alpha value is -2.50. The number of nitrogens with two attached hydrogens (primary N) is 1. The fourth-order valence-corrected chi connectivity index (χ4v) is 1.30. The summed E-state index contributed by atoms with van der Waals surface area (Å²) < 4.78 is 10.6. The number of pyridine rings is 1. The van der Waals surface area contributed by atoms with Crippen molar-refractivity contribution in [2.75, 3.05) is 0 Å². The van der Waals surface area contributed by atoms with Gasteiger partial charge in [0.05, 0.1) is 18.0 Å². The maximum absolute atomic E-state index is 8.63. The van der Waals surface area contributed by atoms with Crippen molar-refractivity contribution in [3.8, 4) is 5.75 Å². The molecule has 0 atom stereocenters. The van der Waals surface area contributed by atoms with Crippen LogP contribution in [0.5, 0.6) is 5.75 Å². The van der Waals surface area contributed by atoms with E-state index in [0.717, 1.165) is 0 Å². The van der Waals surface area contributed by atoms with Crippen LogP contribution in [0.2, 0.25) is 0 Å². The Morgan fingerprint density at radius 2 is 2.41 bits per heavy atom. The quantitative estimate of drug-likeness (QED) is 0.360. The molecular formula is C11H11N3O3. The lowest BCUT2D eigenvalue weighted by Crippen LogP contribution is -2.15. The van der Waals surface area contributed by atoms with Gasteiger partial charge in [0.2, 0.25) is 0 Å². The van der Waals surface area contributed by atoms with Crippen LogP contribution in [-0.2, 0) is 6.61 Å². The van der Waals surface area contributed by atoms with Gasteiger partial charge in [0.25, 0.3) is 0 Å². The molecule has 0 aromatic carbocycles. The number of aromatic nitrogens is 1. The minimum atomic E-state index is -0.0261. The van der Waals surface area contributed by atoms with Crippen molar-refractivity contribution in [1.29, 1.82) is 0 Å². The first-order valence-electron chi connectivity index (χ1n) is 4.88. The van der Waals surface area contributed by atoms with E-state index in [1.54, 1.807) is 24.5 Å². The Morgan fingerprint density at radius 3 is 3.12 bits per heavy atom. The third kappa shape index (κ3) is 2.54. The first kappa shape index (κ1) is 11.0. The summed E-state index contributed by atoms with van der Waals surface area (Å²) in [7, 11) is 0. The van der Waals surface area contributed by atoms with Crippen LogP contribution in [0, 0.1) is 0 Å². The van der Waals surface area contributed by atoms with Gasteiger partial charge in [-0.05, 0) is 18.2 Å². The van der Waals surface area contributed by atoms with Crippen LogP contribution in [0.4, 0.5) is 0 Å². The van der Waals surface area contributed by atoms with Gasteiger partial charge in [-0.2, -0.15) is 0 Å². The highest BCUT2D eigenvalue weighted by Crippen LogP contribution is 2.17. The van der Waals surface area contributed by atoms with E-state index in [4.69, 9.17) is 20.1 Å². The summed E-state index contributed by atoms with van der Waals surface area (Å²) in [5, 5.41) is 11.6. The van der Waals surface area contributed by atoms with Gasteiger partial charge in [-0.25, -0.2) is 0 Å². The minimum Gasteiger partial charge on any atom is -0.483 e. The van der Waals surface area contributed by atoms with Gasteiger partial charge in [0.1, 0.15) is 18.1 Å². The van der Waals surface area contributed by atoms with Gasteiger partial charge in [0, 0.05) is 6.20 Å². The summed E-state index contributed by atoms with van der Waals surface area (Å²) in [5.41, 5.74) is 5.99. The third-order valence-electron chi connectivity index (χ3n) is 2.12. The van der Waals surface area contributed by atoms with E-state index in [2.05, 4.69) is 10.1 Å². The van der Waals surface area contributed by atoms with Crippen LogP contribution in [0.3, 0.4) is 0 Å². The summed E-state index contributed by atoms with van der Waals surface area (Å²) in [6.45, 7) is 0.254. The zero-order valence-corrected chi connectivity index (χ0v) is 8.91. The largest absolute Gasteiger partial charge is 0.483 e.